The highest BCUT2D eigenvalue weighted by Gasteiger charge is 2.17. The molecule has 5 heteroatoms. The lowest BCUT2D eigenvalue weighted by Crippen LogP contribution is -2.06. The third-order valence-corrected chi connectivity index (χ3v) is 3.88. The second kappa shape index (κ2) is 6.11. The maximum absolute atomic E-state index is 13.8. The van der Waals surface area contributed by atoms with Gasteiger partial charge < -0.3 is 5.11 Å². The summed E-state index contributed by atoms with van der Waals surface area (Å²) in [6.07, 6.45) is -1.08. The molecule has 1 unspecified atom stereocenters. The Morgan fingerprint density at radius 2 is 1.84 bits per heavy atom. The van der Waals surface area contributed by atoms with Crippen LogP contribution in [0.25, 0.3) is 0 Å². The Bertz CT molecular complexity index is 602. The van der Waals surface area contributed by atoms with Crippen LogP contribution in [0.4, 0.5) is 8.78 Å². The van der Waals surface area contributed by atoms with Crippen molar-refractivity contribution >= 4 is 31.9 Å². The monoisotopic (exact) mass is 390 g/mol. The fourth-order valence-corrected chi connectivity index (χ4v) is 2.57. The molecule has 100 valence electrons. The van der Waals surface area contributed by atoms with Crippen molar-refractivity contribution in [2.45, 2.75) is 12.5 Å². The zero-order valence-electron chi connectivity index (χ0n) is 9.71. The number of aliphatic hydroxyl groups is 1. The lowest BCUT2D eigenvalue weighted by Gasteiger charge is -2.13. The standard InChI is InChI=1S/C14H10Br2F2O/c15-9-3-1-2-8(6-9)13(19)7-10-12(17)5-4-11(16)14(10)18/h1-6,13,19H,7H2. The highest BCUT2D eigenvalue weighted by Crippen LogP contribution is 2.27. The first-order chi connectivity index (χ1) is 8.99. The smallest absolute Gasteiger partial charge is 0.143 e. The molecule has 0 aromatic heterocycles. The largest absolute Gasteiger partial charge is 0.388 e. The zero-order chi connectivity index (χ0) is 14.0. The molecule has 0 spiro atoms. The van der Waals surface area contributed by atoms with Crippen molar-refractivity contribution in [1.82, 2.24) is 0 Å². The fourth-order valence-electron chi connectivity index (χ4n) is 1.78. The van der Waals surface area contributed by atoms with E-state index in [0.717, 1.165) is 4.47 Å². The Labute approximate surface area is 126 Å². The molecule has 0 fully saturated rings. The zero-order valence-corrected chi connectivity index (χ0v) is 12.9. The second-order valence-corrected chi connectivity index (χ2v) is 5.87. The van der Waals surface area contributed by atoms with E-state index in [1.54, 1.807) is 18.2 Å². The highest BCUT2D eigenvalue weighted by molar-refractivity contribution is 9.10. The summed E-state index contributed by atoms with van der Waals surface area (Å²) in [5, 5.41) is 10.1. The van der Waals surface area contributed by atoms with Crippen molar-refractivity contribution in [2.24, 2.45) is 0 Å². The van der Waals surface area contributed by atoms with Crippen molar-refractivity contribution in [3.63, 3.8) is 0 Å². The van der Waals surface area contributed by atoms with Gasteiger partial charge in [0.1, 0.15) is 11.6 Å². The van der Waals surface area contributed by atoms with Crippen molar-refractivity contribution in [1.29, 1.82) is 0 Å². The Morgan fingerprint density at radius 3 is 2.53 bits per heavy atom. The van der Waals surface area contributed by atoms with Gasteiger partial charge in [-0.15, -0.1) is 0 Å². The summed E-state index contributed by atoms with van der Waals surface area (Å²) in [5.74, 6) is -1.33. The minimum Gasteiger partial charge on any atom is -0.388 e. The van der Waals surface area contributed by atoms with E-state index in [4.69, 9.17) is 0 Å². The molecular formula is C14H10Br2F2O. The van der Waals surface area contributed by atoms with Crippen LogP contribution in [0, 0.1) is 11.6 Å². The number of halogens is 4. The minimum absolute atomic E-state index is 0.118. The number of aliphatic hydroxyl groups excluding tert-OH is 1. The molecule has 0 aliphatic rings. The molecule has 19 heavy (non-hydrogen) atoms. The molecule has 0 radical (unpaired) electrons. The lowest BCUT2D eigenvalue weighted by molar-refractivity contribution is 0.175. The van der Waals surface area contributed by atoms with Crippen molar-refractivity contribution < 1.29 is 13.9 Å². The van der Waals surface area contributed by atoms with Gasteiger partial charge in [-0.3, -0.25) is 0 Å². The summed E-state index contributed by atoms with van der Waals surface area (Å²) in [6, 6.07) is 9.49. The molecule has 0 heterocycles. The van der Waals surface area contributed by atoms with Gasteiger partial charge in [0.25, 0.3) is 0 Å². The molecule has 0 bridgehead atoms. The molecule has 1 atom stereocenters. The summed E-state index contributed by atoms with van der Waals surface area (Å²) in [6.45, 7) is 0. The van der Waals surface area contributed by atoms with Crippen LogP contribution in [0.2, 0.25) is 0 Å². The highest BCUT2D eigenvalue weighted by atomic mass is 79.9. The molecule has 1 N–H and O–H groups in total. The third kappa shape index (κ3) is 3.41. The van der Waals surface area contributed by atoms with E-state index in [0.29, 0.717) is 5.56 Å². The topological polar surface area (TPSA) is 20.2 Å². The molecule has 2 aromatic carbocycles. The normalized spacial score (nSPS) is 12.5. The predicted octanol–water partition coefficient (Wildman–Crippen LogP) is 4.77. The van der Waals surface area contributed by atoms with E-state index in [9.17, 15) is 13.9 Å². The number of benzene rings is 2. The van der Waals surface area contributed by atoms with Crippen molar-refractivity contribution in [3.8, 4) is 0 Å². The maximum Gasteiger partial charge on any atom is 0.143 e. The Kier molecular flexibility index (Phi) is 4.71. The molecule has 1 nitrogen and oxygen atoms in total. The quantitative estimate of drug-likeness (QED) is 0.747. The third-order valence-electron chi connectivity index (χ3n) is 2.77. The molecule has 0 aliphatic carbocycles. The fraction of sp³-hybridized carbons (Fsp3) is 0.143. The summed E-state index contributed by atoms with van der Waals surface area (Å²) in [7, 11) is 0. The molecule has 2 rings (SSSR count). The van der Waals surface area contributed by atoms with Gasteiger partial charge in [0.05, 0.1) is 10.6 Å². The van der Waals surface area contributed by atoms with E-state index >= 15 is 0 Å². The van der Waals surface area contributed by atoms with E-state index in [2.05, 4.69) is 31.9 Å². The first-order valence-corrected chi connectivity index (χ1v) is 7.13. The second-order valence-electron chi connectivity index (χ2n) is 4.10. The Morgan fingerprint density at radius 1 is 1.11 bits per heavy atom. The molecule has 2 aromatic rings. The van der Waals surface area contributed by atoms with E-state index in [1.165, 1.54) is 12.1 Å². The molecule has 0 saturated carbocycles. The summed E-state index contributed by atoms with van der Waals surface area (Å²) >= 11 is 6.30. The predicted molar refractivity (Wildman–Crippen MR) is 76.9 cm³/mol. The van der Waals surface area contributed by atoms with Crippen LogP contribution >= 0.6 is 31.9 Å². The van der Waals surface area contributed by atoms with Gasteiger partial charge >= 0.3 is 0 Å². The van der Waals surface area contributed by atoms with Crippen LogP contribution in [0.1, 0.15) is 17.2 Å². The molecule has 0 amide bonds. The maximum atomic E-state index is 13.8. The number of hydrogen-bond acceptors (Lipinski definition) is 1. The van der Waals surface area contributed by atoms with Gasteiger partial charge in [-0.05, 0) is 45.8 Å². The summed E-state index contributed by atoms with van der Waals surface area (Å²) < 4.78 is 28.4. The summed E-state index contributed by atoms with van der Waals surface area (Å²) in [5.41, 5.74) is 0.481. The van der Waals surface area contributed by atoms with Gasteiger partial charge in [-0.25, -0.2) is 8.78 Å². The van der Waals surface area contributed by atoms with Gasteiger partial charge in [0.2, 0.25) is 0 Å². The van der Waals surface area contributed by atoms with E-state index in [1.807, 2.05) is 6.07 Å². The minimum atomic E-state index is -0.962. The number of rotatable bonds is 3. The Balaban J connectivity index is 2.29. The van der Waals surface area contributed by atoms with Crippen molar-refractivity contribution in [3.05, 3.63) is 68.1 Å². The van der Waals surface area contributed by atoms with Gasteiger partial charge in [-0.2, -0.15) is 0 Å². The van der Waals surface area contributed by atoms with Crippen LogP contribution < -0.4 is 0 Å². The SMILES string of the molecule is OC(Cc1c(F)ccc(Br)c1F)c1cccc(Br)c1. The van der Waals surface area contributed by atoms with Crippen LogP contribution in [-0.2, 0) is 6.42 Å². The van der Waals surface area contributed by atoms with Gasteiger partial charge in [0.15, 0.2) is 0 Å². The number of hydrogen-bond donors (Lipinski definition) is 1. The first-order valence-electron chi connectivity index (χ1n) is 5.55. The molecule has 0 aliphatic heterocycles. The van der Waals surface area contributed by atoms with Crippen LogP contribution in [0.3, 0.4) is 0 Å². The lowest BCUT2D eigenvalue weighted by atomic mass is 10.0. The first kappa shape index (κ1) is 14.6. The van der Waals surface area contributed by atoms with E-state index < -0.39 is 17.7 Å². The van der Waals surface area contributed by atoms with Crippen LogP contribution in [-0.4, -0.2) is 5.11 Å². The Hall–Kier alpha value is -0.780. The van der Waals surface area contributed by atoms with E-state index in [-0.39, 0.29) is 16.5 Å². The van der Waals surface area contributed by atoms with Gasteiger partial charge in [-0.1, -0.05) is 28.1 Å². The van der Waals surface area contributed by atoms with Crippen LogP contribution in [0.15, 0.2) is 45.3 Å². The average molecular weight is 392 g/mol. The summed E-state index contributed by atoms with van der Waals surface area (Å²) in [4.78, 5) is 0. The van der Waals surface area contributed by atoms with Gasteiger partial charge in [0, 0.05) is 16.5 Å². The average Bonchev–Trinajstić information content (AvgIpc) is 2.39. The molecular weight excluding hydrogens is 382 g/mol. The van der Waals surface area contributed by atoms with Crippen molar-refractivity contribution in [2.75, 3.05) is 0 Å². The van der Waals surface area contributed by atoms with Crippen LogP contribution in [0.5, 0.6) is 0 Å². The molecule has 0 saturated heterocycles.